The lowest BCUT2D eigenvalue weighted by Gasteiger charge is -2.04. The van der Waals surface area contributed by atoms with Gasteiger partial charge in [0.25, 0.3) is 5.91 Å². The number of aryl methyl sites for hydroxylation is 2. The SMILES string of the molecule is CCc1cc(C(=O)NC/C=C/CN)n(CC)n1. The van der Waals surface area contributed by atoms with Crippen LogP contribution in [0.2, 0.25) is 0 Å². The number of nitrogens with zero attached hydrogens (tertiary/aromatic N) is 2. The predicted octanol–water partition coefficient (Wildman–Crippen LogP) is 0.710. The Kier molecular flexibility index (Phi) is 5.42. The van der Waals surface area contributed by atoms with Gasteiger partial charge in [-0.15, -0.1) is 0 Å². The molecule has 0 spiro atoms. The highest BCUT2D eigenvalue weighted by Crippen LogP contribution is 2.05. The van der Waals surface area contributed by atoms with E-state index in [1.165, 1.54) is 0 Å². The van der Waals surface area contributed by atoms with E-state index in [9.17, 15) is 4.79 Å². The van der Waals surface area contributed by atoms with Gasteiger partial charge in [0.05, 0.1) is 5.69 Å². The lowest BCUT2D eigenvalue weighted by atomic mass is 10.3. The minimum atomic E-state index is -0.0966. The Morgan fingerprint density at radius 2 is 2.29 bits per heavy atom. The number of nitrogens with two attached hydrogens (primary N) is 1. The predicted molar refractivity (Wildman–Crippen MR) is 67.8 cm³/mol. The van der Waals surface area contributed by atoms with Crippen molar-refractivity contribution in [3.05, 3.63) is 29.6 Å². The first-order chi connectivity index (χ1) is 8.22. The molecular formula is C12H20N4O. The second-order valence-electron chi connectivity index (χ2n) is 3.61. The minimum Gasteiger partial charge on any atom is -0.347 e. The van der Waals surface area contributed by atoms with Crippen molar-refractivity contribution in [2.75, 3.05) is 13.1 Å². The van der Waals surface area contributed by atoms with Gasteiger partial charge in [0.1, 0.15) is 5.69 Å². The maximum Gasteiger partial charge on any atom is 0.269 e. The van der Waals surface area contributed by atoms with Crippen molar-refractivity contribution < 1.29 is 4.79 Å². The molecule has 0 aromatic carbocycles. The van der Waals surface area contributed by atoms with Gasteiger partial charge in [-0.3, -0.25) is 9.48 Å². The quantitative estimate of drug-likeness (QED) is 0.714. The summed E-state index contributed by atoms with van der Waals surface area (Å²) in [6, 6.07) is 1.84. The van der Waals surface area contributed by atoms with Gasteiger partial charge in [-0.2, -0.15) is 5.10 Å². The summed E-state index contributed by atoms with van der Waals surface area (Å²) in [5.41, 5.74) is 6.87. The minimum absolute atomic E-state index is 0.0966. The van der Waals surface area contributed by atoms with Gasteiger partial charge in [-0.05, 0) is 19.4 Å². The van der Waals surface area contributed by atoms with E-state index < -0.39 is 0 Å². The molecule has 1 amide bonds. The van der Waals surface area contributed by atoms with Crippen LogP contribution in [0.1, 0.15) is 30.0 Å². The largest absolute Gasteiger partial charge is 0.347 e. The third kappa shape index (κ3) is 3.71. The van der Waals surface area contributed by atoms with Gasteiger partial charge >= 0.3 is 0 Å². The van der Waals surface area contributed by atoms with Gasteiger partial charge < -0.3 is 11.1 Å². The number of hydrogen-bond acceptors (Lipinski definition) is 3. The van der Waals surface area contributed by atoms with Crippen LogP contribution in [-0.4, -0.2) is 28.8 Å². The van der Waals surface area contributed by atoms with E-state index in [0.29, 0.717) is 25.3 Å². The molecule has 0 fully saturated rings. The molecule has 0 bridgehead atoms. The summed E-state index contributed by atoms with van der Waals surface area (Å²) in [4.78, 5) is 11.9. The highest BCUT2D eigenvalue weighted by atomic mass is 16.2. The molecule has 0 unspecified atom stereocenters. The third-order valence-electron chi connectivity index (χ3n) is 2.41. The topological polar surface area (TPSA) is 72.9 Å². The molecule has 0 atom stereocenters. The van der Waals surface area contributed by atoms with Crippen molar-refractivity contribution in [3.63, 3.8) is 0 Å². The lowest BCUT2D eigenvalue weighted by Crippen LogP contribution is -2.26. The molecule has 0 saturated heterocycles. The first-order valence-electron chi connectivity index (χ1n) is 5.92. The van der Waals surface area contributed by atoms with E-state index in [-0.39, 0.29) is 5.91 Å². The zero-order valence-electron chi connectivity index (χ0n) is 10.4. The molecule has 5 heteroatoms. The molecule has 1 rings (SSSR count). The standard InChI is InChI=1S/C12H20N4O/c1-3-10-9-11(16(4-2)15-10)12(17)14-8-6-5-7-13/h5-6,9H,3-4,7-8,13H2,1-2H3,(H,14,17)/b6-5+. The van der Waals surface area contributed by atoms with Crippen LogP contribution in [0.4, 0.5) is 0 Å². The van der Waals surface area contributed by atoms with E-state index in [1.807, 2.05) is 32.1 Å². The molecule has 0 aliphatic heterocycles. The number of carbonyl (C=O) groups excluding carboxylic acids is 1. The third-order valence-corrected chi connectivity index (χ3v) is 2.41. The molecule has 3 N–H and O–H groups in total. The molecular weight excluding hydrogens is 216 g/mol. The molecule has 1 aromatic heterocycles. The molecule has 5 nitrogen and oxygen atoms in total. The number of rotatable bonds is 6. The highest BCUT2D eigenvalue weighted by Gasteiger charge is 2.12. The van der Waals surface area contributed by atoms with Crippen LogP contribution in [0.5, 0.6) is 0 Å². The Hall–Kier alpha value is -1.62. The fourth-order valence-corrected chi connectivity index (χ4v) is 1.49. The average molecular weight is 236 g/mol. The second kappa shape index (κ2) is 6.85. The van der Waals surface area contributed by atoms with Crippen molar-refractivity contribution in [2.24, 2.45) is 5.73 Å². The van der Waals surface area contributed by atoms with Crippen LogP contribution < -0.4 is 11.1 Å². The van der Waals surface area contributed by atoms with Crippen LogP contribution in [-0.2, 0) is 13.0 Å². The Bertz CT molecular complexity index is 395. The molecule has 0 aliphatic carbocycles. The highest BCUT2D eigenvalue weighted by molar-refractivity contribution is 5.92. The molecule has 0 aliphatic rings. The fourth-order valence-electron chi connectivity index (χ4n) is 1.49. The lowest BCUT2D eigenvalue weighted by molar-refractivity contribution is 0.0947. The summed E-state index contributed by atoms with van der Waals surface area (Å²) < 4.78 is 1.72. The van der Waals surface area contributed by atoms with Gasteiger partial charge in [0.15, 0.2) is 0 Å². The van der Waals surface area contributed by atoms with E-state index in [1.54, 1.807) is 4.68 Å². The maximum atomic E-state index is 11.9. The van der Waals surface area contributed by atoms with Crippen LogP contribution in [0.15, 0.2) is 18.2 Å². The molecule has 0 radical (unpaired) electrons. The Morgan fingerprint density at radius 1 is 1.53 bits per heavy atom. The monoisotopic (exact) mass is 236 g/mol. The number of amides is 1. The van der Waals surface area contributed by atoms with Gasteiger partial charge in [0, 0.05) is 19.6 Å². The Labute approximate surface area is 102 Å². The average Bonchev–Trinajstić information content (AvgIpc) is 2.77. The van der Waals surface area contributed by atoms with Crippen molar-refractivity contribution in [2.45, 2.75) is 26.8 Å². The van der Waals surface area contributed by atoms with Gasteiger partial charge in [-0.25, -0.2) is 0 Å². The maximum absolute atomic E-state index is 11.9. The smallest absolute Gasteiger partial charge is 0.269 e. The number of hydrogen-bond donors (Lipinski definition) is 2. The molecule has 0 saturated carbocycles. The normalized spacial score (nSPS) is 11.0. The summed E-state index contributed by atoms with van der Waals surface area (Å²) in [6.45, 7) is 5.67. The Balaban J connectivity index is 2.67. The molecule has 1 aromatic rings. The van der Waals surface area contributed by atoms with Crippen molar-refractivity contribution >= 4 is 5.91 Å². The number of aromatic nitrogens is 2. The number of carbonyl (C=O) groups is 1. The summed E-state index contributed by atoms with van der Waals surface area (Å²) in [6.07, 6.45) is 4.49. The van der Waals surface area contributed by atoms with Crippen molar-refractivity contribution in [3.8, 4) is 0 Å². The van der Waals surface area contributed by atoms with Gasteiger partial charge in [-0.1, -0.05) is 19.1 Å². The molecule has 17 heavy (non-hydrogen) atoms. The summed E-state index contributed by atoms with van der Waals surface area (Å²) >= 11 is 0. The Morgan fingerprint density at radius 3 is 2.88 bits per heavy atom. The fraction of sp³-hybridized carbons (Fsp3) is 0.500. The van der Waals surface area contributed by atoms with E-state index in [0.717, 1.165) is 12.1 Å². The van der Waals surface area contributed by atoms with Crippen LogP contribution >= 0.6 is 0 Å². The number of nitrogens with one attached hydrogen (secondary N) is 1. The first-order valence-corrected chi connectivity index (χ1v) is 5.92. The van der Waals surface area contributed by atoms with E-state index in [4.69, 9.17) is 5.73 Å². The van der Waals surface area contributed by atoms with Gasteiger partial charge in [0.2, 0.25) is 0 Å². The zero-order chi connectivity index (χ0) is 12.7. The molecule has 1 heterocycles. The van der Waals surface area contributed by atoms with Crippen LogP contribution in [0.25, 0.3) is 0 Å². The summed E-state index contributed by atoms with van der Waals surface area (Å²) in [5, 5.41) is 7.13. The summed E-state index contributed by atoms with van der Waals surface area (Å²) in [7, 11) is 0. The molecule has 94 valence electrons. The van der Waals surface area contributed by atoms with Crippen LogP contribution in [0, 0.1) is 0 Å². The van der Waals surface area contributed by atoms with E-state index >= 15 is 0 Å². The summed E-state index contributed by atoms with van der Waals surface area (Å²) in [5.74, 6) is -0.0966. The second-order valence-corrected chi connectivity index (χ2v) is 3.61. The zero-order valence-corrected chi connectivity index (χ0v) is 10.4. The van der Waals surface area contributed by atoms with Crippen molar-refractivity contribution in [1.29, 1.82) is 0 Å². The first kappa shape index (κ1) is 13.4. The van der Waals surface area contributed by atoms with Crippen LogP contribution in [0.3, 0.4) is 0 Å². The van der Waals surface area contributed by atoms with E-state index in [2.05, 4.69) is 10.4 Å². The van der Waals surface area contributed by atoms with Crippen molar-refractivity contribution in [1.82, 2.24) is 15.1 Å².